The number of hydrogen-bond acceptors (Lipinski definition) is 3. The van der Waals surface area contributed by atoms with Crippen molar-refractivity contribution in [3.63, 3.8) is 0 Å². The summed E-state index contributed by atoms with van der Waals surface area (Å²) in [7, 11) is 0. The van der Waals surface area contributed by atoms with Gasteiger partial charge in [-0.2, -0.15) is 0 Å². The van der Waals surface area contributed by atoms with Crippen LogP contribution in [0.3, 0.4) is 0 Å². The SMILES string of the molecule is C=CCOC1CCC1.CC(C)C.O=C(O)CNC(=O)O. The molecule has 1 aliphatic rings. The molecule has 1 rings (SSSR count). The van der Waals surface area contributed by atoms with Crippen LogP contribution in [0.2, 0.25) is 0 Å². The summed E-state index contributed by atoms with van der Waals surface area (Å²) in [5, 5.41) is 17.3. The Morgan fingerprint density at radius 2 is 1.85 bits per heavy atom. The van der Waals surface area contributed by atoms with E-state index in [-0.39, 0.29) is 0 Å². The van der Waals surface area contributed by atoms with Crippen LogP contribution in [0.15, 0.2) is 12.7 Å². The molecule has 0 radical (unpaired) electrons. The maximum absolute atomic E-state index is 9.58. The van der Waals surface area contributed by atoms with Crippen LogP contribution in [0.4, 0.5) is 4.79 Å². The van der Waals surface area contributed by atoms with E-state index in [1.165, 1.54) is 19.3 Å². The number of amides is 1. The average Bonchev–Trinajstić information content (AvgIpc) is 2.25. The third-order valence-electron chi connectivity index (χ3n) is 1.89. The van der Waals surface area contributed by atoms with Gasteiger partial charge in [-0.1, -0.05) is 26.8 Å². The van der Waals surface area contributed by atoms with E-state index in [1.54, 1.807) is 11.4 Å². The summed E-state index contributed by atoms with van der Waals surface area (Å²) in [6.45, 7) is 10.2. The lowest BCUT2D eigenvalue weighted by Crippen LogP contribution is -2.27. The first-order chi connectivity index (χ1) is 9.29. The minimum atomic E-state index is -1.33. The fourth-order valence-corrected chi connectivity index (χ4v) is 0.893. The van der Waals surface area contributed by atoms with Crippen molar-refractivity contribution in [2.75, 3.05) is 13.2 Å². The lowest BCUT2D eigenvalue weighted by molar-refractivity contribution is -0.135. The van der Waals surface area contributed by atoms with Gasteiger partial charge in [0.05, 0.1) is 12.7 Å². The number of carboxylic acids is 1. The predicted octanol–water partition coefficient (Wildman–Crippen LogP) is 2.74. The summed E-state index contributed by atoms with van der Waals surface area (Å²) >= 11 is 0. The normalized spacial score (nSPS) is 13.0. The zero-order valence-electron chi connectivity index (χ0n) is 12.6. The van der Waals surface area contributed by atoms with E-state index >= 15 is 0 Å². The molecule has 0 unspecified atom stereocenters. The second kappa shape index (κ2) is 13.9. The molecule has 118 valence electrons. The van der Waals surface area contributed by atoms with Crippen LogP contribution in [0, 0.1) is 5.92 Å². The van der Waals surface area contributed by atoms with Crippen molar-refractivity contribution in [3.05, 3.63) is 12.7 Å². The third-order valence-corrected chi connectivity index (χ3v) is 1.89. The number of ether oxygens (including phenoxy) is 1. The van der Waals surface area contributed by atoms with Crippen LogP contribution in [0.1, 0.15) is 40.0 Å². The summed E-state index contributed by atoms with van der Waals surface area (Å²) in [6, 6.07) is 0. The zero-order valence-corrected chi connectivity index (χ0v) is 12.6. The van der Waals surface area contributed by atoms with Gasteiger partial charge in [-0.05, 0) is 25.2 Å². The number of aliphatic carboxylic acids is 1. The van der Waals surface area contributed by atoms with Gasteiger partial charge in [0.25, 0.3) is 0 Å². The molecule has 0 saturated heterocycles. The van der Waals surface area contributed by atoms with Gasteiger partial charge in [0.15, 0.2) is 0 Å². The fraction of sp³-hybridized carbons (Fsp3) is 0.714. The zero-order chi connectivity index (χ0) is 16.0. The fourth-order valence-electron chi connectivity index (χ4n) is 0.893. The molecule has 0 spiro atoms. The van der Waals surface area contributed by atoms with E-state index < -0.39 is 18.6 Å². The van der Waals surface area contributed by atoms with Crippen molar-refractivity contribution in [3.8, 4) is 0 Å². The first-order valence-electron chi connectivity index (χ1n) is 6.70. The molecule has 6 heteroatoms. The van der Waals surface area contributed by atoms with Gasteiger partial charge < -0.3 is 20.3 Å². The van der Waals surface area contributed by atoms with Gasteiger partial charge in [-0.3, -0.25) is 4.79 Å². The maximum atomic E-state index is 9.58. The molecule has 0 aromatic heterocycles. The molecule has 3 N–H and O–H groups in total. The molecule has 6 nitrogen and oxygen atoms in total. The Morgan fingerprint density at radius 3 is 2.05 bits per heavy atom. The Balaban J connectivity index is 0. The van der Waals surface area contributed by atoms with Gasteiger partial charge in [0.1, 0.15) is 6.54 Å². The van der Waals surface area contributed by atoms with Crippen LogP contribution >= 0.6 is 0 Å². The molecule has 20 heavy (non-hydrogen) atoms. The highest BCUT2D eigenvalue weighted by molar-refractivity contribution is 5.75. The second-order valence-corrected chi connectivity index (χ2v) is 4.96. The molecule has 0 atom stereocenters. The summed E-state index contributed by atoms with van der Waals surface area (Å²) in [4.78, 5) is 19.1. The molecule has 0 aromatic carbocycles. The molecular formula is C14H27NO5. The third kappa shape index (κ3) is 21.7. The van der Waals surface area contributed by atoms with Crippen molar-refractivity contribution in [1.82, 2.24) is 5.32 Å². The van der Waals surface area contributed by atoms with Crippen molar-refractivity contribution in [1.29, 1.82) is 0 Å². The Kier molecular flexibility index (Phi) is 14.4. The number of nitrogens with one attached hydrogen (secondary N) is 1. The molecule has 0 heterocycles. The molecular weight excluding hydrogens is 262 g/mol. The summed E-state index contributed by atoms with van der Waals surface area (Å²) < 4.78 is 5.31. The maximum Gasteiger partial charge on any atom is 0.405 e. The lowest BCUT2D eigenvalue weighted by atomic mass is 9.96. The summed E-state index contributed by atoms with van der Waals surface area (Å²) in [6.07, 6.45) is 4.90. The molecule has 1 fully saturated rings. The van der Waals surface area contributed by atoms with Crippen molar-refractivity contribution >= 4 is 12.1 Å². The van der Waals surface area contributed by atoms with Crippen molar-refractivity contribution in [2.24, 2.45) is 5.92 Å². The van der Waals surface area contributed by atoms with E-state index in [0.717, 1.165) is 12.5 Å². The second-order valence-electron chi connectivity index (χ2n) is 4.96. The van der Waals surface area contributed by atoms with Gasteiger partial charge in [0.2, 0.25) is 0 Å². The number of carbonyl (C=O) groups is 2. The Hall–Kier alpha value is -1.56. The highest BCUT2D eigenvalue weighted by atomic mass is 16.5. The lowest BCUT2D eigenvalue weighted by Gasteiger charge is -2.24. The highest BCUT2D eigenvalue weighted by Crippen LogP contribution is 2.21. The largest absolute Gasteiger partial charge is 0.480 e. The standard InChI is InChI=1S/C7H12O.C4H10.C3H5NO4/c1-2-6-8-7-4-3-5-7;1-4(2)3;5-2(6)1-4-3(7)8/h2,7H,1,3-6H2;4H,1-3H3;4H,1H2,(H,5,6)(H,7,8). The topological polar surface area (TPSA) is 95.9 Å². The van der Waals surface area contributed by atoms with E-state index in [4.69, 9.17) is 14.9 Å². The molecule has 0 aliphatic heterocycles. The van der Waals surface area contributed by atoms with Crippen LogP contribution in [-0.4, -0.2) is 41.5 Å². The Bertz CT molecular complexity index is 258. The number of hydrogen-bond donors (Lipinski definition) is 3. The molecule has 0 bridgehead atoms. The molecule has 1 aliphatic carbocycles. The van der Waals surface area contributed by atoms with Crippen LogP contribution in [0.5, 0.6) is 0 Å². The van der Waals surface area contributed by atoms with Gasteiger partial charge in [-0.25, -0.2) is 4.79 Å². The van der Waals surface area contributed by atoms with E-state index in [2.05, 4.69) is 27.4 Å². The van der Waals surface area contributed by atoms with Crippen LogP contribution in [-0.2, 0) is 9.53 Å². The first-order valence-corrected chi connectivity index (χ1v) is 6.70. The monoisotopic (exact) mass is 289 g/mol. The van der Waals surface area contributed by atoms with E-state index in [9.17, 15) is 9.59 Å². The van der Waals surface area contributed by atoms with Crippen LogP contribution in [0.25, 0.3) is 0 Å². The van der Waals surface area contributed by atoms with E-state index in [0.29, 0.717) is 6.10 Å². The number of carboxylic acid groups (broad SMARTS) is 2. The predicted molar refractivity (Wildman–Crippen MR) is 78.0 cm³/mol. The molecule has 0 aromatic rings. The first kappa shape index (κ1) is 20.8. The Labute approximate surface area is 120 Å². The van der Waals surface area contributed by atoms with Gasteiger partial charge >= 0.3 is 12.1 Å². The smallest absolute Gasteiger partial charge is 0.405 e. The minimum absolute atomic E-state index is 0.546. The minimum Gasteiger partial charge on any atom is -0.480 e. The number of rotatable bonds is 5. The van der Waals surface area contributed by atoms with Gasteiger partial charge in [-0.15, -0.1) is 6.58 Å². The average molecular weight is 289 g/mol. The van der Waals surface area contributed by atoms with Gasteiger partial charge in [0, 0.05) is 0 Å². The van der Waals surface area contributed by atoms with Crippen molar-refractivity contribution in [2.45, 2.75) is 46.1 Å². The Morgan fingerprint density at radius 1 is 1.35 bits per heavy atom. The quantitative estimate of drug-likeness (QED) is 0.676. The summed E-state index contributed by atoms with van der Waals surface area (Å²) in [5.74, 6) is -0.354. The van der Waals surface area contributed by atoms with Crippen LogP contribution < -0.4 is 5.32 Å². The van der Waals surface area contributed by atoms with Crippen molar-refractivity contribution < 1.29 is 24.5 Å². The highest BCUT2D eigenvalue weighted by Gasteiger charge is 2.16. The molecule has 1 saturated carbocycles. The van der Waals surface area contributed by atoms with E-state index in [1.807, 2.05) is 0 Å². The molecule has 1 amide bonds. The summed E-state index contributed by atoms with van der Waals surface area (Å²) in [5.41, 5.74) is 0.